The summed E-state index contributed by atoms with van der Waals surface area (Å²) in [4.78, 5) is 0.0132. The summed E-state index contributed by atoms with van der Waals surface area (Å²) in [6, 6.07) is 8.37. The van der Waals surface area contributed by atoms with E-state index in [4.69, 9.17) is 0 Å². The third-order valence-corrected chi connectivity index (χ3v) is 4.84. The van der Waals surface area contributed by atoms with E-state index in [0.717, 1.165) is 6.07 Å². The van der Waals surface area contributed by atoms with Crippen LogP contribution in [0.2, 0.25) is 0 Å². The van der Waals surface area contributed by atoms with E-state index in [1.54, 1.807) is 18.2 Å². The Labute approximate surface area is 138 Å². The van der Waals surface area contributed by atoms with Gasteiger partial charge in [0.1, 0.15) is 5.75 Å². The van der Waals surface area contributed by atoms with E-state index in [1.165, 1.54) is 6.07 Å². The number of aromatic hydroxyl groups is 1. The number of phenols is 1. The zero-order valence-corrected chi connectivity index (χ0v) is 13.7. The molecule has 2 aromatic rings. The van der Waals surface area contributed by atoms with Crippen molar-refractivity contribution in [1.82, 2.24) is 0 Å². The smallest absolute Gasteiger partial charge is 0.416 e. The first-order chi connectivity index (χ1) is 11.0. The van der Waals surface area contributed by atoms with E-state index in [2.05, 4.69) is 4.72 Å². The molecule has 130 valence electrons. The fourth-order valence-corrected chi connectivity index (χ4v) is 3.64. The number of sulfonamides is 1. The summed E-state index contributed by atoms with van der Waals surface area (Å²) in [5.41, 5.74) is -0.816. The lowest BCUT2D eigenvalue weighted by atomic mass is 10.0. The quantitative estimate of drug-likeness (QED) is 0.798. The van der Waals surface area contributed by atoms with Crippen molar-refractivity contribution in [3.8, 4) is 5.75 Å². The van der Waals surface area contributed by atoms with E-state index in [0.29, 0.717) is 17.7 Å². The lowest BCUT2D eigenvalue weighted by molar-refractivity contribution is -0.137. The lowest BCUT2D eigenvalue weighted by Gasteiger charge is -2.15. The van der Waals surface area contributed by atoms with Crippen molar-refractivity contribution >= 4 is 15.7 Å². The minimum Gasteiger partial charge on any atom is -0.506 e. The van der Waals surface area contributed by atoms with Gasteiger partial charge in [-0.25, -0.2) is 8.42 Å². The second-order valence-corrected chi connectivity index (χ2v) is 7.18. The number of anilines is 1. The molecule has 24 heavy (non-hydrogen) atoms. The molecule has 0 aliphatic heterocycles. The Bertz CT molecular complexity index is 846. The van der Waals surface area contributed by atoms with Crippen LogP contribution in [-0.2, 0) is 16.2 Å². The monoisotopic (exact) mass is 359 g/mol. The van der Waals surface area contributed by atoms with Gasteiger partial charge >= 0.3 is 6.18 Å². The van der Waals surface area contributed by atoms with Gasteiger partial charge in [-0.15, -0.1) is 0 Å². The van der Waals surface area contributed by atoms with Crippen molar-refractivity contribution in [3.63, 3.8) is 0 Å². The topological polar surface area (TPSA) is 66.4 Å². The van der Waals surface area contributed by atoms with Crippen LogP contribution in [0.3, 0.4) is 0 Å². The molecule has 0 saturated heterocycles. The van der Waals surface area contributed by atoms with Crippen molar-refractivity contribution in [2.45, 2.75) is 30.8 Å². The molecular weight excluding hydrogens is 343 g/mol. The molecule has 4 nitrogen and oxygen atoms in total. The molecule has 2 N–H and O–H groups in total. The fourth-order valence-electron chi connectivity index (χ4n) is 2.20. The van der Waals surface area contributed by atoms with Crippen LogP contribution in [0.25, 0.3) is 0 Å². The van der Waals surface area contributed by atoms with Crippen molar-refractivity contribution in [2.75, 3.05) is 4.72 Å². The lowest BCUT2D eigenvalue weighted by Crippen LogP contribution is -2.16. The first kappa shape index (κ1) is 18.1. The molecule has 0 aromatic heterocycles. The van der Waals surface area contributed by atoms with Gasteiger partial charge in [0.05, 0.1) is 16.1 Å². The zero-order valence-electron chi connectivity index (χ0n) is 12.9. The van der Waals surface area contributed by atoms with E-state index in [-0.39, 0.29) is 16.5 Å². The molecule has 0 saturated carbocycles. The molecule has 0 unspecified atom stereocenters. The first-order valence-electron chi connectivity index (χ1n) is 7.04. The average molecular weight is 359 g/mol. The Balaban J connectivity index is 2.41. The van der Waals surface area contributed by atoms with Gasteiger partial charge < -0.3 is 5.11 Å². The maximum atomic E-state index is 12.6. The second kappa shape index (κ2) is 6.35. The fraction of sp³-hybridized carbons (Fsp3) is 0.250. The van der Waals surface area contributed by atoms with Crippen LogP contribution in [0.4, 0.5) is 18.9 Å². The van der Waals surface area contributed by atoms with Crippen molar-refractivity contribution < 1.29 is 26.7 Å². The Kier molecular flexibility index (Phi) is 4.80. The standard InChI is InChI=1S/C16H16F3NO3S/c1-10(2)12-5-3-4-6-15(12)24(22,23)20-13-8-7-11(9-14(13)21)16(17,18)19/h3-10,20-21H,1-2H3. The third-order valence-electron chi connectivity index (χ3n) is 3.40. The van der Waals surface area contributed by atoms with Gasteiger partial charge in [0.25, 0.3) is 10.0 Å². The van der Waals surface area contributed by atoms with Gasteiger partial charge in [0.2, 0.25) is 0 Å². The van der Waals surface area contributed by atoms with Gasteiger partial charge in [0, 0.05) is 0 Å². The van der Waals surface area contributed by atoms with Crippen molar-refractivity contribution in [1.29, 1.82) is 0 Å². The molecule has 0 bridgehead atoms. The predicted molar refractivity (Wildman–Crippen MR) is 84.4 cm³/mol. The Morgan fingerprint density at radius 1 is 1.08 bits per heavy atom. The van der Waals surface area contributed by atoms with Crippen LogP contribution in [0.1, 0.15) is 30.9 Å². The normalized spacial score (nSPS) is 12.4. The molecule has 0 aliphatic carbocycles. The van der Waals surface area contributed by atoms with Gasteiger partial charge in [-0.1, -0.05) is 32.0 Å². The molecule has 0 amide bonds. The van der Waals surface area contributed by atoms with Crippen LogP contribution in [0, 0.1) is 0 Å². The van der Waals surface area contributed by atoms with Crippen LogP contribution in [-0.4, -0.2) is 13.5 Å². The molecule has 2 rings (SSSR count). The summed E-state index contributed by atoms with van der Waals surface area (Å²) in [6.07, 6.45) is -4.63. The minimum absolute atomic E-state index is 0.0132. The highest BCUT2D eigenvalue weighted by atomic mass is 32.2. The van der Waals surface area contributed by atoms with Gasteiger partial charge in [0.15, 0.2) is 0 Å². The molecule has 2 aromatic carbocycles. The Hall–Kier alpha value is -2.22. The number of halogens is 3. The third kappa shape index (κ3) is 3.81. The average Bonchev–Trinajstić information content (AvgIpc) is 2.48. The predicted octanol–water partition coefficient (Wildman–Crippen LogP) is 4.34. The molecule has 0 heterocycles. The molecule has 8 heteroatoms. The van der Waals surface area contributed by atoms with Gasteiger partial charge in [-0.2, -0.15) is 13.2 Å². The van der Waals surface area contributed by atoms with Crippen LogP contribution < -0.4 is 4.72 Å². The summed E-state index contributed by atoms with van der Waals surface area (Å²) in [5, 5.41) is 9.72. The molecular formula is C16H16F3NO3S. The van der Waals surface area contributed by atoms with Crippen LogP contribution in [0.15, 0.2) is 47.4 Å². The maximum absolute atomic E-state index is 12.6. The molecule has 0 atom stereocenters. The van der Waals surface area contributed by atoms with E-state index in [1.807, 2.05) is 13.8 Å². The SMILES string of the molecule is CC(C)c1ccccc1S(=O)(=O)Nc1ccc(C(F)(F)F)cc1O. The Morgan fingerprint density at radius 3 is 2.25 bits per heavy atom. The Morgan fingerprint density at radius 2 is 1.71 bits per heavy atom. The largest absolute Gasteiger partial charge is 0.506 e. The highest BCUT2D eigenvalue weighted by Gasteiger charge is 2.31. The number of nitrogens with one attached hydrogen (secondary N) is 1. The van der Waals surface area contributed by atoms with E-state index in [9.17, 15) is 26.7 Å². The minimum atomic E-state index is -4.63. The summed E-state index contributed by atoms with van der Waals surface area (Å²) < 4.78 is 64.9. The molecule has 0 spiro atoms. The van der Waals surface area contributed by atoms with E-state index >= 15 is 0 Å². The first-order valence-corrected chi connectivity index (χ1v) is 8.52. The maximum Gasteiger partial charge on any atom is 0.416 e. The zero-order chi connectivity index (χ0) is 18.1. The summed E-state index contributed by atoms with van der Waals surface area (Å²) in [5.74, 6) is -0.866. The number of hydrogen-bond acceptors (Lipinski definition) is 3. The number of hydrogen-bond donors (Lipinski definition) is 2. The van der Waals surface area contributed by atoms with Crippen molar-refractivity contribution in [2.24, 2.45) is 0 Å². The van der Waals surface area contributed by atoms with Gasteiger partial charge in [-0.05, 0) is 35.7 Å². The van der Waals surface area contributed by atoms with Crippen molar-refractivity contribution in [3.05, 3.63) is 53.6 Å². The molecule has 0 fully saturated rings. The molecule has 0 radical (unpaired) electrons. The summed E-state index contributed by atoms with van der Waals surface area (Å²) in [6.45, 7) is 3.65. The van der Waals surface area contributed by atoms with E-state index < -0.39 is 27.5 Å². The second-order valence-electron chi connectivity index (χ2n) is 5.53. The van der Waals surface area contributed by atoms with Crippen LogP contribution >= 0.6 is 0 Å². The number of rotatable bonds is 4. The molecule has 0 aliphatic rings. The highest BCUT2D eigenvalue weighted by Crippen LogP contribution is 2.35. The summed E-state index contributed by atoms with van der Waals surface area (Å²) >= 11 is 0. The number of benzene rings is 2. The van der Waals surface area contributed by atoms with Gasteiger partial charge in [-0.3, -0.25) is 4.72 Å². The van der Waals surface area contributed by atoms with Crippen LogP contribution in [0.5, 0.6) is 5.75 Å². The number of phenolic OH excluding ortho intramolecular Hbond substituents is 1. The highest BCUT2D eigenvalue weighted by molar-refractivity contribution is 7.92. The summed E-state index contributed by atoms with van der Waals surface area (Å²) in [7, 11) is -4.05. The number of alkyl halides is 3.